The van der Waals surface area contributed by atoms with E-state index in [-0.39, 0.29) is 0 Å². The summed E-state index contributed by atoms with van der Waals surface area (Å²) in [6.45, 7) is 0. The summed E-state index contributed by atoms with van der Waals surface area (Å²) in [7, 11) is 0. The van der Waals surface area contributed by atoms with Gasteiger partial charge in [-0.05, 0) is 105 Å². The Morgan fingerprint density at radius 1 is 0.250 bits per heavy atom. The van der Waals surface area contributed by atoms with Gasteiger partial charge in [-0.1, -0.05) is 152 Å². The zero-order valence-electron chi connectivity index (χ0n) is 24.2. The average Bonchev–Trinajstić information content (AvgIpc) is 3.10. The van der Waals surface area contributed by atoms with Crippen LogP contribution >= 0.6 is 0 Å². The summed E-state index contributed by atoms with van der Waals surface area (Å²) in [5.74, 6) is 0. The molecule has 0 saturated heterocycles. The summed E-state index contributed by atoms with van der Waals surface area (Å²) in [4.78, 5) is 0. The van der Waals surface area contributed by atoms with Gasteiger partial charge in [-0.15, -0.1) is 0 Å². The third-order valence-electron chi connectivity index (χ3n) is 9.21. The Balaban J connectivity index is 1.43. The van der Waals surface area contributed by atoms with E-state index in [1.807, 2.05) is 0 Å². The van der Waals surface area contributed by atoms with E-state index in [4.69, 9.17) is 0 Å². The van der Waals surface area contributed by atoms with Gasteiger partial charge in [0.15, 0.2) is 0 Å². The lowest BCUT2D eigenvalue weighted by Gasteiger charge is -2.19. The maximum absolute atomic E-state index is 2.45. The first-order chi connectivity index (χ1) is 21.8. The van der Waals surface area contributed by atoms with Crippen LogP contribution in [0.3, 0.4) is 0 Å². The Kier molecular flexibility index (Phi) is 5.61. The van der Waals surface area contributed by atoms with Crippen LogP contribution in [-0.2, 0) is 0 Å². The molecule has 0 nitrogen and oxygen atoms in total. The van der Waals surface area contributed by atoms with E-state index in [2.05, 4.69) is 170 Å². The summed E-state index contributed by atoms with van der Waals surface area (Å²) in [6, 6.07) is 62.4. The van der Waals surface area contributed by atoms with Crippen LogP contribution in [0.15, 0.2) is 170 Å². The van der Waals surface area contributed by atoms with Crippen molar-refractivity contribution in [3.05, 3.63) is 170 Å². The lowest BCUT2D eigenvalue weighted by Crippen LogP contribution is -1.92. The highest BCUT2D eigenvalue weighted by Gasteiger charge is 2.18. The first kappa shape index (κ1) is 24.8. The minimum atomic E-state index is 1.23. The highest BCUT2D eigenvalue weighted by molar-refractivity contribution is 6.27. The number of hydrogen-bond acceptors (Lipinski definition) is 0. The van der Waals surface area contributed by atoms with Gasteiger partial charge in [-0.25, -0.2) is 0 Å². The zero-order valence-corrected chi connectivity index (χ0v) is 24.2. The Labute approximate surface area is 256 Å². The van der Waals surface area contributed by atoms with Gasteiger partial charge in [-0.3, -0.25) is 0 Å². The van der Waals surface area contributed by atoms with Crippen LogP contribution in [0.25, 0.3) is 87.2 Å². The van der Waals surface area contributed by atoms with Crippen LogP contribution in [0, 0.1) is 0 Å². The molecule has 0 atom stereocenters. The standard InChI is InChI=1S/C44H28/c1-2-13-30(14-3-1)36-25-24-31-15-6-7-17-35(31)44(36)42-28-34-27-41(33-23-22-29-12-4-5-16-32(29)26-33)37-18-8-10-20-39(37)43(34)40-21-11-9-19-38(40)42/h1-28H. The first-order valence-corrected chi connectivity index (χ1v) is 15.3. The molecule has 0 heterocycles. The zero-order chi connectivity index (χ0) is 29.0. The monoisotopic (exact) mass is 556 g/mol. The van der Waals surface area contributed by atoms with Crippen LogP contribution < -0.4 is 0 Å². The lowest BCUT2D eigenvalue weighted by atomic mass is 9.84. The fraction of sp³-hybridized carbons (Fsp3) is 0. The Morgan fingerprint density at radius 2 is 0.795 bits per heavy atom. The van der Waals surface area contributed by atoms with E-state index < -0.39 is 0 Å². The minimum Gasteiger partial charge on any atom is -0.0622 e. The van der Waals surface area contributed by atoms with Crippen LogP contribution in [0.1, 0.15) is 0 Å². The van der Waals surface area contributed by atoms with Crippen molar-refractivity contribution in [1.82, 2.24) is 0 Å². The molecule has 0 heteroatoms. The Morgan fingerprint density at radius 3 is 1.55 bits per heavy atom. The van der Waals surface area contributed by atoms with Crippen molar-refractivity contribution in [3.63, 3.8) is 0 Å². The molecule has 44 heavy (non-hydrogen) atoms. The van der Waals surface area contributed by atoms with Gasteiger partial charge in [0.1, 0.15) is 0 Å². The van der Waals surface area contributed by atoms with Gasteiger partial charge in [-0.2, -0.15) is 0 Å². The van der Waals surface area contributed by atoms with E-state index >= 15 is 0 Å². The van der Waals surface area contributed by atoms with E-state index in [1.54, 1.807) is 0 Å². The Bertz CT molecular complexity index is 2540. The maximum atomic E-state index is 2.45. The molecule has 0 saturated carbocycles. The maximum Gasteiger partial charge on any atom is -0.00204 e. The largest absolute Gasteiger partial charge is 0.0622 e. The van der Waals surface area contributed by atoms with Crippen molar-refractivity contribution >= 4 is 53.9 Å². The van der Waals surface area contributed by atoms with E-state index in [0.29, 0.717) is 0 Å². The second-order valence-electron chi connectivity index (χ2n) is 11.7. The van der Waals surface area contributed by atoms with Crippen LogP contribution in [-0.4, -0.2) is 0 Å². The molecule has 9 aromatic carbocycles. The number of fused-ring (bicyclic) bond motifs is 7. The van der Waals surface area contributed by atoms with Crippen LogP contribution in [0.5, 0.6) is 0 Å². The summed E-state index contributed by atoms with van der Waals surface area (Å²) >= 11 is 0. The summed E-state index contributed by atoms with van der Waals surface area (Å²) < 4.78 is 0. The molecule has 0 aromatic heterocycles. The summed E-state index contributed by atoms with van der Waals surface area (Å²) in [5.41, 5.74) is 7.54. The number of benzene rings is 9. The first-order valence-electron chi connectivity index (χ1n) is 15.3. The van der Waals surface area contributed by atoms with Crippen molar-refractivity contribution < 1.29 is 0 Å². The molecule has 9 rings (SSSR count). The van der Waals surface area contributed by atoms with E-state index in [0.717, 1.165) is 0 Å². The van der Waals surface area contributed by atoms with Gasteiger partial charge < -0.3 is 0 Å². The molecular weight excluding hydrogens is 528 g/mol. The molecule has 204 valence electrons. The average molecular weight is 557 g/mol. The van der Waals surface area contributed by atoms with E-state index in [1.165, 1.54) is 87.2 Å². The highest BCUT2D eigenvalue weighted by Crippen LogP contribution is 2.46. The predicted molar refractivity (Wildman–Crippen MR) is 190 cm³/mol. The van der Waals surface area contributed by atoms with Crippen molar-refractivity contribution in [3.8, 4) is 33.4 Å². The topological polar surface area (TPSA) is 0 Å². The molecule has 0 unspecified atom stereocenters. The second-order valence-corrected chi connectivity index (χ2v) is 11.7. The van der Waals surface area contributed by atoms with E-state index in [9.17, 15) is 0 Å². The van der Waals surface area contributed by atoms with Crippen LogP contribution in [0.2, 0.25) is 0 Å². The molecule has 0 radical (unpaired) electrons. The van der Waals surface area contributed by atoms with Crippen molar-refractivity contribution in [2.75, 3.05) is 0 Å². The number of hydrogen-bond donors (Lipinski definition) is 0. The van der Waals surface area contributed by atoms with Crippen molar-refractivity contribution in [2.45, 2.75) is 0 Å². The molecule has 0 fully saturated rings. The normalized spacial score (nSPS) is 11.6. The lowest BCUT2D eigenvalue weighted by molar-refractivity contribution is 1.63. The fourth-order valence-electron chi connectivity index (χ4n) is 7.20. The summed E-state index contributed by atoms with van der Waals surface area (Å²) in [5, 5.41) is 12.7. The predicted octanol–water partition coefficient (Wildman–Crippen LogP) is 12.5. The second kappa shape index (κ2) is 9.93. The van der Waals surface area contributed by atoms with Gasteiger partial charge in [0, 0.05) is 0 Å². The van der Waals surface area contributed by atoms with Gasteiger partial charge in [0.25, 0.3) is 0 Å². The van der Waals surface area contributed by atoms with Crippen molar-refractivity contribution in [1.29, 1.82) is 0 Å². The molecule has 0 amide bonds. The third kappa shape index (κ3) is 3.85. The number of rotatable bonds is 3. The molecular formula is C44H28. The SMILES string of the molecule is c1ccc(-c2ccc3ccccc3c2-c2cc3cc(-c4ccc5ccccc5c4)c4ccccc4c3c3ccccc23)cc1. The minimum absolute atomic E-state index is 1.23. The molecule has 0 bridgehead atoms. The van der Waals surface area contributed by atoms with Gasteiger partial charge in [0.05, 0.1) is 0 Å². The molecule has 9 aromatic rings. The van der Waals surface area contributed by atoms with Crippen LogP contribution in [0.4, 0.5) is 0 Å². The third-order valence-corrected chi connectivity index (χ3v) is 9.21. The molecule has 0 aliphatic rings. The fourth-order valence-corrected chi connectivity index (χ4v) is 7.20. The molecule has 0 spiro atoms. The van der Waals surface area contributed by atoms with Crippen molar-refractivity contribution in [2.24, 2.45) is 0 Å². The van der Waals surface area contributed by atoms with Gasteiger partial charge in [0.2, 0.25) is 0 Å². The van der Waals surface area contributed by atoms with Gasteiger partial charge >= 0.3 is 0 Å². The smallest absolute Gasteiger partial charge is 0.00204 e. The molecule has 0 aliphatic carbocycles. The highest BCUT2D eigenvalue weighted by atomic mass is 14.2. The quantitative estimate of drug-likeness (QED) is 0.190. The summed E-state index contributed by atoms with van der Waals surface area (Å²) in [6.07, 6.45) is 0. The molecule has 0 aliphatic heterocycles. The Hall–Kier alpha value is -5.72. The molecule has 0 N–H and O–H groups in total.